The van der Waals surface area contributed by atoms with Gasteiger partial charge in [0.25, 0.3) is 5.91 Å². The van der Waals surface area contributed by atoms with Gasteiger partial charge in [0.15, 0.2) is 24.7 Å². The van der Waals surface area contributed by atoms with Crippen molar-refractivity contribution in [2.24, 2.45) is 0 Å². The zero-order valence-electron chi connectivity index (χ0n) is 17.2. The molecule has 0 saturated carbocycles. The van der Waals surface area contributed by atoms with Crippen molar-refractivity contribution < 1.29 is 38.1 Å². The fourth-order valence-corrected chi connectivity index (χ4v) is 2.54. The number of morpholine rings is 1. The Morgan fingerprint density at radius 2 is 1.76 bits per heavy atom. The minimum atomic E-state index is -0.704. The van der Waals surface area contributed by atoms with Gasteiger partial charge in [0.05, 0.1) is 25.9 Å². The van der Waals surface area contributed by atoms with Crippen LogP contribution in [-0.4, -0.2) is 75.0 Å². The quantitative estimate of drug-likeness (QED) is 0.624. The molecule has 1 amide bonds. The van der Waals surface area contributed by atoms with Gasteiger partial charge in [-0.3, -0.25) is 4.79 Å². The molecule has 160 valence electrons. The zero-order valence-corrected chi connectivity index (χ0v) is 17.2. The maximum Gasteiger partial charge on any atom is 0.344 e. The predicted molar refractivity (Wildman–Crippen MR) is 102 cm³/mol. The standard InChI is InChI=1S/C20H27NO8/c1-20(2,3)29-18(23)13-28-19(24)14-5-6-15(16(11-14)25-4)27-12-17(22)21-7-9-26-10-8-21/h5-6,11H,7-10,12-13H2,1-4H3. The number of hydrogen-bond donors (Lipinski definition) is 0. The van der Waals surface area contributed by atoms with Crippen molar-refractivity contribution in [1.82, 2.24) is 4.90 Å². The van der Waals surface area contributed by atoms with Crippen LogP contribution in [0.15, 0.2) is 18.2 Å². The first kappa shape index (κ1) is 22.5. The van der Waals surface area contributed by atoms with Crippen molar-refractivity contribution in [3.63, 3.8) is 0 Å². The number of ether oxygens (including phenoxy) is 5. The van der Waals surface area contributed by atoms with E-state index >= 15 is 0 Å². The van der Waals surface area contributed by atoms with Gasteiger partial charge in [0.1, 0.15) is 5.60 Å². The monoisotopic (exact) mass is 409 g/mol. The van der Waals surface area contributed by atoms with Gasteiger partial charge in [-0.05, 0) is 39.0 Å². The molecule has 1 fully saturated rings. The Labute approximate surface area is 169 Å². The largest absolute Gasteiger partial charge is 0.493 e. The van der Waals surface area contributed by atoms with E-state index in [9.17, 15) is 14.4 Å². The van der Waals surface area contributed by atoms with E-state index in [2.05, 4.69) is 0 Å². The van der Waals surface area contributed by atoms with Gasteiger partial charge >= 0.3 is 11.9 Å². The molecule has 1 aromatic rings. The highest BCUT2D eigenvalue weighted by Crippen LogP contribution is 2.28. The lowest BCUT2D eigenvalue weighted by Gasteiger charge is -2.26. The highest BCUT2D eigenvalue weighted by molar-refractivity contribution is 5.91. The van der Waals surface area contributed by atoms with Crippen LogP contribution in [0.2, 0.25) is 0 Å². The molecular formula is C20H27NO8. The van der Waals surface area contributed by atoms with Gasteiger partial charge in [0.2, 0.25) is 0 Å². The molecule has 0 aliphatic carbocycles. The summed E-state index contributed by atoms with van der Waals surface area (Å²) in [5.74, 6) is -0.912. The van der Waals surface area contributed by atoms with E-state index in [1.165, 1.54) is 25.3 Å². The number of hydrogen-bond acceptors (Lipinski definition) is 8. The van der Waals surface area contributed by atoms with Crippen molar-refractivity contribution >= 4 is 17.8 Å². The molecular weight excluding hydrogens is 382 g/mol. The topological polar surface area (TPSA) is 101 Å². The normalized spacial score (nSPS) is 14.1. The summed E-state index contributed by atoms with van der Waals surface area (Å²) in [4.78, 5) is 37.7. The first-order valence-electron chi connectivity index (χ1n) is 9.25. The van der Waals surface area contributed by atoms with Crippen molar-refractivity contribution in [1.29, 1.82) is 0 Å². The molecule has 1 aromatic carbocycles. The summed E-state index contributed by atoms with van der Waals surface area (Å²) in [6.45, 7) is 6.59. The smallest absolute Gasteiger partial charge is 0.344 e. The number of benzene rings is 1. The van der Waals surface area contributed by atoms with Crippen LogP contribution in [0.3, 0.4) is 0 Å². The summed E-state index contributed by atoms with van der Waals surface area (Å²) < 4.78 is 26.1. The Hall–Kier alpha value is -2.81. The predicted octanol–water partition coefficient (Wildman–Crippen LogP) is 1.43. The molecule has 0 bridgehead atoms. The molecule has 1 aliphatic rings. The van der Waals surface area contributed by atoms with Gasteiger partial charge in [0, 0.05) is 13.1 Å². The maximum atomic E-state index is 12.2. The fraction of sp³-hybridized carbons (Fsp3) is 0.550. The van der Waals surface area contributed by atoms with Gasteiger partial charge < -0.3 is 28.6 Å². The molecule has 1 aliphatic heterocycles. The Kier molecular flexibility index (Phi) is 7.83. The number of rotatable bonds is 7. The van der Waals surface area contributed by atoms with Crippen LogP contribution < -0.4 is 9.47 Å². The summed E-state index contributed by atoms with van der Waals surface area (Å²) in [5, 5.41) is 0. The zero-order chi connectivity index (χ0) is 21.4. The van der Waals surface area contributed by atoms with E-state index in [0.717, 1.165) is 0 Å². The third kappa shape index (κ3) is 7.26. The molecule has 1 saturated heterocycles. The molecule has 1 heterocycles. The summed E-state index contributed by atoms with van der Waals surface area (Å²) >= 11 is 0. The van der Waals surface area contributed by atoms with E-state index in [1.54, 1.807) is 25.7 Å². The molecule has 2 rings (SSSR count). The van der Waals surface area contributed by atoms with Crippen LogP contribution in [0.1, 0.15) is 31.1 Å². The van der Waals surface area contributed by atoms with Gasteiger partial charge in [-0.25, -0.2) is 9.59 Å². The van der Waals surface area contributed by atoms with Gasteiger partial charge in [-0.15, -0.1) is 0 Å². The van der Waals surface area contributed by atoms with Gasteiger partial charge in [-0.2, -0.15) is 0 Å². The lowest BCUT2D eigenvalue weighted by atomic mass is 10.2. The van der Waals surface area contributed by atoms with E-state index < -0.39 is 24.1 Å². The molecule has 0 unspecified atom stereocenters. The number of nitrogens with zero attached hydrogens (tertiary/aromatic N) is 1. The molecule has 0 N–H and O–H groups in total. The number of amides is 1. The van der Waals surface area contributed by atoms with Crippen molar-refractivity contribution in [2.45, 2.75) is 26.4 Å². The Balaban J connectivity index is 1.92. The molecule has 9 nitrogen and oxygen atoms in total. The van der Waals surface area contributed by atoms with Crippen LogP contribution in [0.5, 0.6) is 11.5 Å². The number of carbonyl (C=O) groups excluding carboxylic acids is 3. The van der Waals surface area contributed by atoms with Crippen LogP contribution in [0.25, 0.3) is 0 Å². The third-order valence-electron chi connectivity index (χ3n) is 3.86. The molecule has 29 heavy (non-hydrogen) atoms. The Bertz CT molecular complexity index is 734. The van der Waals surface area contributed by atoms with Crippen LogP contribution in [-0.2, 0) is 23.8 Å². The Morgan fingerprint density at radius 3 is 2.38 bits per heavy atom. The SMILES string of the molecule is COc1cc(C(=O)OCC(=O)OC(C)(C)C)ccc1OCC(=O)N1CCOCC1. The third-order valence-corrected chi connectivity index (χ3v) is 3.86. The molecule has 9 heteroatoms. The maximum absolute atomic E-state index is 12.2. The molecule has 0 radical (unpaired) electrons. The summed E-state index contributed by atoms with van der Waals surface area (Å²) in [7, 11) is 1.42. The molecule has 0 aromatic heterocycles. The Morgan fingerprint density at radius 1 is 1.07 bits per heavy atom. The van der Waals surface area contributed by atoms with Crippen LogP contribution in [0.4, 0.5) is 0 Å². The van der Waals surface area contributed by atoms with E-state index in [0.29, 0.717) is 32.1 Å². The summed E-state index contributed by atoms with van der Waals surface area (Å²) in [6.07, 6.45) is 0. The van der Waals surface area contributed by atoms with Gasteiger partial charge in [-0.1, -0.05) is 0 Å². The lowest BCUT2D eigenvalue weighted by molar-refractivity contribution is -0.158. The second kappa shape index (κ2) is 10.1. The minimum absolute atomic E-state index is 0.154. The van der Waals surface area contributed by atoms with E-state index in [-0.39, 0.29) is 23.8 Å². The fourth-order valence-electron chi connectivity index (χ4n) is 2.54. The number of esters is 2. The lowest BCUT2D eigenvalue weighted by Crippen LogP contribution is -2.43. The highest BCUT2D eigenvalue weighted by Gasteiger charge is 2.20. The number of methoxy groups -OCH3 is 1. The summed E-state index contributed by atoms with van der Waals surface area (Å²) in [6, 6.07) is 4.40. The highest BCUT2D eigenvalue weighted by atomic mass is 16.6. The van der Waals surface area contributed by atoms with Crippen LogP contribution in [0, 0.1) is 0 Å². The second-order valence-corrected chi connectivity index (χ2v) is 7.31. The van der Waals surface area contributed by atoms with E-state index in [1.807, 2.05) is 0 Å². The van der Waals surface area contributed by atoms with Crippen molar-refractivity contribution in [3.8, 4) is 11.5 Å². The van der Waals surface area contributed by atoms with Crippen molar-refractivity contribution in [3.05, 3.63) is 23.8 Å². The minimum Gasteiger partial charge on any atom is -0.493 e. The van der Waals surface area contributed by atoms with Crippen LogP contribution >= 0.6 is 0 Å². The molecule has 0 spiro atoms. The van der Waals surface area contributed by atoms with E-state index in [4.69, 9.17) is 23.7 Å². The number of carbonyl (C=O) groups is 3. The first-order chi connectivity index (χ1) is 13.7. The second-order valence-electron chi connectivity index (χ2n) is 7.31. The average Bonchev–Trinajstić information content (AvgIpc) is 2.69. The van der Waals surface area contributed by atoms with Crippen molar-refractivity contribution in [2.75, 3.05) is 46.6 Å². The first-order valence-corrected chi connectivity index (χ1v) is 9.25. The molecule has 0 atom stereocenters. The average molecular weight is 409 g/mol. The summed E-state index contributed by atoms with van der Waals surface area (Å²) in [5.41, 5.74) is -0.484.